The summed E-state index contributed by atoms with van der Waals surface area (Å²) in [4.78, 5) is 49.5. The van der Waals surface area contributed by atoms with Crippen LogP contribution < -0.4 is 8.84 Å². The third kappa shape index (κ3) is 2.67. The number of fused-ring (bicyclic) bond motifs is 2. The first-order chi connectivity index (χ1) is 12.3. The van der Waals surface area contributed by atoms with Crippen LogP contribution in [0, 0.1) is 0 Å². The summed E-state index contributed by atoms with van der Waals surface area (Å²) in [6.45, 7) is 2.44. The van der Waals surface area contributed by atoms with Crippen LogP contribution in [0.3, 0.4) is 0 Å². The summed E-state index contributed by atoms with van der Waals surface area (Å²) in [5, 5.41) is 0. The van der Waals surface area contributed by atoms with Crippen molar-refractivity contribution in [3.63, 3.8) is 0 Å². The maximum atomic E-state index is 13.1. The van der Waals surface area contributed by atoms with Gasteiger partial charge in [0.15, 0.2) is 11.6 Å². The van der Waals surface area contributed by atoms with E-state index in [4.69, 9.17) is 23.6 Å². The van der Waals surface area contributed by atoms with Crippen molar-refractivity contribution in [2.75, 3.05) is 8.84 Å². The van der Waals surface area contributed by atoms with Crippen LogP contribution in [-0.4, -0.2) is 23.4 Å². The van der Waals surface area contributed by atoms with E-state index in [1.54, 1.807) is 12.1 Å². The van der Waals surface area contributed by atoms with Crippen LogP contribution in [-0.2, 0) is 9.59 Å². The van der Waals surface area contributed by atoms with Gasteiger partial charge in [0.2, 0.25) is 11.8 Å². The quantitative estimate of drug-likeness (QED) is 0.627. The van der Waals surface area contributed by atoms with Crippen LogP contribution in [0.4, 0.5) is 11.4 Å². The number of nitrogens with zero attached hydrogens (tertiary/aromatic N) is 2. The second-order valence-electron chi connectivity index (χ2n) is 5.66. The van der Waals surface area contributed by atoms with Crippen LogP contribution >= 0.6 is 23.6 Å². The predicted molar refractivity (Wildman–Crippen MR) is 97.8 cm³/mol. The van der Waals surface area contributed by atoms with Gasteiger partial charge in [0.05, 0.1) is 22.5 Å². The van der Waals surface area contributed by atoms with Crippen LogP contribution in [0.1, 0.15) is 45.7 Å². The summed E-state index contributed by atoms with van der Waals surface area (Å²) in [5.74, 6) is -2.02. The summed E-state index contributed by atoms with van der Waals surface area (Å²) in [5.41, 5.74) is 0.368. The lowest BCUT2D eigenvalue weighted by Crippen LogP contribution is -2.29. The first-order valence-corrected chi connectivity index (χ1v) is 8.21. The van der Waals surface area contributed by atoms with Gasteiger partial charge in [-0.15, -0.1) is 0 Å². The van der Waals surface area contributed by atoms with E-state index >= 15 is 0 Å². The Hall–Kier alpha value is -2.70. The number of halogens is 2. The molecule has 2 aromatic carbocycles. The van der Waals surface area contributed by atoms with E-state index in [9.17, 15) is 19.2 Å². The molecule has 0 bridgehead atoms. The summed E-state index contributed by atoms with van der Waals surface area (Å²) in [6.07, 6.45) is 0. The summed E-state index contributed by atoms with van der Waals surface area (Å²) < 4.78 is 1.52. The largest absolute Gasteiger partial charge is 0.288 e. The van der Waals surface area contributed by atoms with Gasteiger partial charge < -0.3 is 0 Å². The average Bonchev–Trinajstić information content (AvgIpc) is 2.63. The molecular weight excluding hydrogens is 379 g/mol. The van der Waals surface area contributed by atoms with E-state index in [1.165, 1.54) is 38.1 Å². The highest BCUT2D eigenvalue weighted by Crippen LogP contribution is 2.40. The lowest BCUT2D eigenvalue weighted by molar-refractivity contribution is -0.116. The van der Waals surface area contributed by atoms with Crippen LogP contribution in [0.25, 0.3) is 0 Å². The minimum Gasteiger partial charge on any atom is -0.288 e. The molecule has 2 amide bonds. The lowest BCUT2D eigenvalue weighted by atomic mass is 9.82. The molecule has 0 spiro atoms. The molecular formula is C18H12Cl2N2O4. The summed E-state index contributed by atoms with van der Waals surface area (Å²) in [7, 11) is 0. The van der Waals surface area contributed by atoms with Crippen molar-refractivity contribution in [3.05, 3.63) is 58.7 Å². The molecule has 0 atom stereocenters. The number of hydrogen-bond donors (Lipinski definition) is 0. The molecule has 0 saturated heterocycles. The molecule has 0 aliphatic heterocycles. The Morgan fingerprint density at radius 3 is 1.38 bits per heavy atom. The SMILES string of the molecule is CC(=O)N(Cl)c1ccc(N(Cl)C(C)=O)c2c1C(=O)c1ccccc1C2=O. The first kappa shape index (κ1) is 18.1. The minimum atomic E-state index is -0.532. The van der Waals surface area contributed by atoms with E-state index in [1.807, 2.05) is 0 Å². The highest BCUT2D eigenvalue weighted by atomic mass is 35.5. The molecule has 3 rings (SSSR count). The number of ketones is 2. The molecule has 1 aliphatic carbocycles. The molecule has 6 nitrogen and oxygen atoms in total. The Morgan fingerprint density at radius 2 is 1.08 bits per heavy atom. The highest BCUT2D eigenvalue weighted by Gasteiger charge is 2.36. The minimum absolute atomic E-state index is 0.0550. The zero-order valence-corrected chi connectivity index (χ0v) is 15.3. The second kappa shape index (κ2) is 6.55. The van der Waals surface area contributed by atoms with Gasteiger partial charge in [0, 0.05) is 48.5 Å². The third-order valence-corrected chi connectivity index (χ3v) is 4.85. The van der Waals surface area contributed by atoms with Crippen LogP contribution in [0.5, 0.6) is 0 Å². The van der Waals surface area contributed by atoms with E-state index in [0.717, 1.165) is 8.84 Å². The molecule has 26 heavy (non-hydrogen) atoms. The van der Waals surface area contributed by atoms with Gasteiger partial charge in [0.1, 0.15) is 0 Å². The smallest absolute Gasteiger partial charge is 0.238 e. The summed E-state index contributed by atoms with van der Waals surface area (Å²) >= 11 is 12.0. The topological polar surface area (TPSA) is 74.8 Å². The van der Waals surface area contributed by atoms with Crippen molar-refractivity contribution < 1.29 is 19.2 Å². The fraction of sp³-hybridized carbons (Fsp3) is 0.111. The Labute approximate surface area is 159 Å². The fourth-order valence-corrected chi connectivity index (χ4v) is 3.14. The normalized spacial score (nSPS) is 12.3. The van der Waals surface area contributed by atoms with Crippen molar-refractivity contribution in [1.29, 1.82) is 0 Å². The van der Waals surface area contributed by atoms with Crippen LogP contribution in [0.15, 0.2) is 36.4 Å². The zero-order valence-electron chi connectivity index (χ0n) is 13.7. The molecule has 2 aromatic rings. The maximum absolute atomic E-state index is 13.1. The standard InChI is InChI=1S/C18H12Cl2N2O4/c1-9(23)21(19)13-7-8-14(22(20)10(2)24)16-15(13)17(25)11-5-3-4-6-12(11)18(16)26/h3-8H,1-2H3. The summed E-state index contributed by atoms with van der Waals surface area (Å²) in [6, 6.07) is 9.05. The third-order valence-electron chi connectivity index (χ3n) is 4.01. The van der Waals surface area contributed by atoms with Crippen molar-refractivity contribution in [2.24, 2.45) is 0 Å². The second-order valence-corrected chi connectivity index (χ2v) is 6.33. The van der Waals surface area contributed by atoms with Gasteiger partial charge in [-0.2, -0.15) is 0 Å². The molecule has 0 fully saturated rings. The first-order valence-electron chi connectivity index (χ1n) is 7.54. The molecule has 0 radical (unpaired) electrons. The lowest BCUT2D eigenvalue weighted by Gasteiger charge is -2.26. The molecule has 0 aromatic heterocycles. The maximum Gasteiger partial charge on any atom is 0.238 e. The highest BCUT2D eigenvalue weighted by molar-refractivity contribution is 6.42. The van der Waals surface area contributed by atoms with E-state index in [2.05, 4.69) is 0 Å². The molecule has 1 aliphatic rings. The number of anilines is 2. The molecule has 0 saturated carbocycles. The van der Waals surface area contributed by atoms with E-state index < -0.39 is 23.4 Å². The van der Waals surface area contributed by atoms with Gasteiger partial charge in [-0.25, -0.2) is 8.84 Å². The van der Waals surface area contributed by atoms with Crippen molar-refractivity contribution in [3.8, 4) is 0 Å². The van der Waals surface area contributed by atoms with Crippen molar-refractivity contribution in [2.45, 2.75) is 13.8 Å². The Bertz CT molecular complexity index is 909. The Balaban J connectivity index is 2.38. The Kier molecular flexibility index (Phi) is 4.56. The fourth-order valence-electron chi connectivity index (χ4n) is 2.86. The van der Waals surface area contributed by atoms with E-state index in [-0.39, 0.29) is 33.6 Å². The number of carbonyl (C=O) groups excluding carboxylic acids is 4. The number of carbonyl (C=O) groups is 4. The zero-order chi connectivity index (χ0) is 19.2. The number of hydrogen-bond acceptors (Lipinski definition) is 4. The van der Waals surface area contributed by atoms with Gasteiger partial charge in [0.25, 0.3) is 0 Å². The predicted octanol–water partition coefficient (Wildman–Crippen LogP) is 3.48. The number of benzene rings is 2. The van der Waals surface area contributed by atoms with Gasteiger partial charge >= 0.3 is 0 Å². The molecule has 0 heterocycles. The monoisotopic (exact) mass is 390 g/mol. The molecule has 132 valence electrons. The Morgan fingerprint density at radius 1 is 0.731 bits per heavy atom. The molecule has 0 unspecified atom stereocenters. The average molecular weight is 391 g/mol. The van der Waals surface area contributed by atoms with Crippen molar-refractivity contribution in [1.82, 2.24) is 0 Å². The molecule has 0 N–H and O–H groups in total. The van der Waals surface area contributed by atoms with Crippen LogP contribution in [0.2, 0.25) is 0 Å². The number of rotatable bonds is 2. The van der Waals surface area contributed by atoms with Gasteiger partial charge in [-0.3, -0.25) is 19.2 Å². The molecule has 8 heteroatoms. The van der Waals surface area contributed by atoms with Crippen molar-refractivity contribution >= 4 is 58.3 Å². The van der Waals surface area contributed by atoms with E-state index in [0.29, 0.717) is 0 Å². The van der Waals surface area contributed by atoms with Gasteiger partial charge in [-0.1, -0.05) is 24.3 Å². The number of amides is 2. The van der Waals surface area contributed by atoms with Gasteiger partial charge in [-0.05, 0) is 12.1 Å².